The Hall–Kier alpha value is -1.63. The summed E-state index contributed by atoms with van der Waals surface area (Å²) in [5.74, 6) is 0.0185. The van der Waals surface area contributed by atoms with Crippen molar-refractivity contribution in [1.29, 1.82) is 0 Å². The van der Waals surface area contributed by atoms with E-state index in [-0.39, 0.29) is 12.0 Å². The molecule has 0 aromatic heterocycles. The van der Waals surface area contributed by atoms with Crippen molar-refractivity contribution in [2.24, 2.45) is 0 Å². The summed E-state index contributed by atoms with van der Waals surface area (Å²) in [5.41, 5.74) is 2.62. The second kappa shape index (κ2) is 8.65. The predicted molar refractivity (Wildman–Crippen MR) is 100 cm³/mol. The number of nitrogens with zero attached hydrogens (tertiary/aromatic N) is 3. The zero-order valence-corrected chi connectivity index (χ0v) is 15.4. The number of benzene rings is 1. The zero-order chi connectivity index (χ0) is 17.6. The van der Waals surface area contributed by atoms with Gasteiger partial charge in [0.1, 0.15) is 6.10 Å². The molecule has 2 aliphatic heterocycles. The van der Waals surface area contributed by atoms with E-state index in [1.54, 1.807) is 0 Å². The normalized spacial score (nSPS) is 22.8. The van der Waals surface area contributed by atoms with E-state index in [9.17, 15) is 4.79 Å². The van der Waals surface area contributed by atoms with Crippen LogP contribution in [0.2, 0.25) is 0 Å². The molecule has 0 spiro atoms. The first-order valence-electron chi connectivity index (χ1n) is 9.23. The van der Waals surface area contributed by atoms with Crippen molar-refractivity contribution >= 4 is 11.6 Å². The highest BCUT2D eigenvalue weighted by Gasteiger charge is 2.24. The van der Waals surface area contributed by atoms with Crippen LogP contribution in [-0.4, -0.2) is 87.8 Å². The Balaban J connectivity index is 1.36. The quantitative estimate of drug-likeness (QED) is 0.844. The number of morpholine rings is 1. The van der Waals surface area contributed by atoms with Crippen molar-refractivity contribution in [3.63, 3.8) is 0 Å². The van der Waals surface area contributed by atoms with E-state index in [0.717, 1.165) is 39.3 Å². The Labute approximate surface area is 150 Å². The highest BCUT2D eigenvalue weighted by atomic mass is 16.5. The summed E-state index contributed by atoms with van der Waals surface area (Å²) in [6.45, 7) is 10.1. The summed E-state index contributed by atoms with van der Waals surface area (Å²) in [6, 6.07) is 8.69. The van der Waals surface area contributed by atoms with E-state index in [0.29, 0.717) is 19.7 Å². The first kappa shape index (κ1) is 18.2. The minimum Gasteiger partial charge on any atom is -0.369 e. The predicted octanol–water partition coefficient (Wildman–Crippen LogP) is 0.564. The molecule has 1 N–H and O–H groups in total. The maximum Gasteiger partial charge on any atom is 0.250 e. The molecule has 0 saturated carbocycles. The number of carbonyl (C=O) groups is 1. The summed E-state index contributed by atoms with van der Waals surface area (Å²) in [7, 11) is 2.02. The van der Waals surface area contributed by atoms with Gasteiger partial charge in [0.25, 0.3) is 5.91 Å². The molecule has 2 heterocycles. The number of nitrogens with one attached hydrogen (secondary N) is 1. The minimum atomic E-state index is -0.322. The number of amides is 1. The minimum absolute atomic E-state index is 0.0185. The molecular weight excluding hydrogens is 316 g/mol. The number of ether oxygens (including phenoxy) is 1. The number of rotatable bonds is 5. The molecular formula is C19H30N4O2. The molecule has 1 amide bonds. The fraction of sp³-hybridized carbons (Fsp3) is 0.632. The summed E-state index contributed by atoms with van der Waals surface area (Å²) in [6.07, 6.45) is -0.322. The highest BCUT2D eigenvalue weighted by Crippen LogP contribution is 2.17. The van der Waals surface area contributed by atoms with E-state index >= 15 is 0 Å². The van der Waals surface area contributed by atoms with Gasteiger partial charge in [-0.1, -0.05) is 12.1 Å². The van der Waals surface area contributed by atoms with Gasteiger partial charge < -0.3 is 19.9 Å². The SMILES string of the molecule is Cc1cccc(N2CCN(CCNC(=O)[C@H]3CN(C)CCO3)CC2)c1. The van der Waals surface area contributed by atoms with Gasteiger partial charge in [0.05, 0.1) is 6.61 Å². The monoisotopic (exact) mass is 346 g/mol. The molecule has 0 unspecified atom stereocenters. The average Bonchev–Trinajstić information content (AvgIpc) is 2.62. The van der Waals surface area contributed by atoms with Gasteiger partial charge in [-0.2, -0.15) is 0 Å². The lowest BCUT2D eigenvalue weighted by atomic mass is 10.2. The van der Waals surface area contributed by atoms with Gasteiger partial charge in [-0.05, 0) is 31.7 Å². The van der Waals surface area contributed by atoms with Crippen LogP contribution < -0.4 is 10.2 Å². The summed E-state index contributed by atoms with van der Waals surface area (Å²) >= 11 is 0. The van der Waals surface area contributed by atoms with Gasteiger partial charge in [0.15, 0.2) is 0 Å². The van der Waals surface area contributed by atoms with E-state index in [1.807, 2.05) is 7.05 Å². The van der Waals surface area contributed by atoms with Gasteiger partial charge in [-0.15, -0.1) is 0 Å². The Kier molecular flexibility index (Phi) is 6.29. The van der Waals surface area contributed by atoms with Crippen LogP contribution in [0.5, 0.6) is 0 Å². The number of likely N-dealkylation sites (N-methyl/N-ethyl adjacent to an activating group) is 1. The topological polar surface area (TPSA) is 48.0 Å². The second-order valence-corrected chi connectivity index (χ2v) is 7.08. The molecule has 138 valence electrons. The van der Waals surface area contributed by atoms with Crippen LogP contribution in [0.4, 0.5) is 5.69 Å². The molecule has 2 aliphatic rings. The molecule has 1 aromatic carbocycles. The smallest absolute Gasteiger partial charge is 0.250 e. The lowest BCUT2D eigenvalue weighted by Gasteiger charge is -2.36. The second-order valence-electron chi connectivity index (χ2n) is 7.08. The van der Waals surface area contributed by atoms with Gasteiger partial charge in [0, 0.05) is 58.0 Å². The van der Waals surface area contributed by atoms with Crippen molar-refractivity contribution in [3.8, 4) is 0 Å². The van der Waals surface area contributed by atoms with Crippen LogP contribution in [-0.2, 0) is 9.53 Å². The van der Waals surface area contributed by atoms with Gasteiger partial charge in [-0.3, -0.25) is 9.69 Å². The molecule has 0 radical (unpaired) electrons. The molecule has 1 atom stereocenters. The molecule has 2 saturated heterocycles. The van der Waals surface area contributed by atoms with Gasteiger partial charge >= 0.3 is 0 Å². The molecule has 1 aromatic rings. The van der Waals surface area contributed by atoms with Gasteiger partial charge in [0.2, 0.25) is 0 Å². The van der Waals surface area contributed by atoms with Crippen molar-refractivity contribution in [2.75, 3.05) is 70.9 Å². The fourth-order valence-electron chi connectivity index (χ4n) is 3.44. The highest BCUT2D eigenvalue weighted by molar-refractivity contribution is 5.81. The number of hydrogen-bond acceptors (Lipinski definition) is 5. The van der Waals surface area contributed by atoms with Crippen molar-refractivity contribution < 1.29 is 9.53 Å². The Morgan fingerprint density at radius 3 is 2.76 bits per heavy atom. The van der Waals surface area contributed by atoms with Crippen LogP contribution in [0.3, 0.4) is 0 Å². The Morgan fingerprint density at radius 1 is 1.24 bits per heavy atom. The third-order valence-corrected chi connectivity index (χ3v) is 5.03. The van der Waals surface area contributed by atoms with Crippen molar-refractivity contribution in [2.45, 2.75) is 13.0 Å². The molecule has 6 nitrogen and oxygen atoms in total. The van der Waals surface area contributed by atoms with Crippen molar-refractivity contribution in [1.82, 2.24) is 15.1 Å². The lowest BCUT2D eigenvalue weighted by Crippen LogP contribution is -2.51. The van der Waals surface area contributed by atoms with E-state index in [4.69, 9.17) is 4.74 Å². The third kappa shape index (κ3) is 5.17. The number of hydrogen-bond donors (Lipinski definition) is 1. The third-order valence-electron chi connectivity index (χ3n) is 5.03. The Bertz CT molecular complexity index is 572. The van der Waals surface area contributed by atoms with Crippen LogP contribution in [0.1, 0.15) is 5.56 Å². The first-order chi connectivity index (χ1) is 12.1. The largest absolute Gasteiger partial charge is 0.369 e. The number of carbonyl (C=O) groups excluding carboxylic acids is 1. The van der Waals surface area contributed by atoms with E-state index in [2.05, 4.69) is 51.2 Å². The number of aryl methyl sites for hydroxylation is 1. The Morgan fingerprint density at radius 2 is 2.04 bits per heavy atom. The van der Waals surface area contributed by atoms with E-state index in [1.165, 1.54) is 11.3 Å². The zero-order valence-electron chi connectivity index (χ0n) is 15.4. The summed E-state index contributed by atoms with van der Waals surface area (Å²) < 4.78 is 5.55. The molecule has 25 heavy (non-hydrogen) atoms. The fourth-order valence-corrected chi connectivity index (χ4v) is 3.44. The molecule has 6 heteroatoms. The number of piperazine rings is 1. The maximum absolute atomic E-state index is 12.2. The maximum atomic E-state index is 12.2. The lowest BCUT2D eigenvalue weighted by molar-refractivity contribution is -0.137. The summed E-state index contributed by atoms with van der Waals surface area (Å²) in [4.78, 5) is 19.2. The van der Waals surface area contributed by atoms with E-state index < -0.39 is 0 Å². The molecule has 0 aliphatic carbocycles. The van der Waals surface area contributed by atoms with Gasteiger partial charge in [-0.25, -0.2) is 0 Å². The standard InChI is InChI=1S/C19H30N4O2/c1-16-4-3-5-17(14-16)23-10-8-22(9-11-23)7-6-20-19(24)18-15-21(2)12-13-25-18/h3-5,14,18H,6-13,15H2,1-2H3,(H,20,24)/t18-/m1/s1. The number of anilines is 1. The van der Waals surface area contributed by atoms with Crippen LogP contribution >= 0.6 is 0 Å². The first-order valence-corrected chi connectivity index (χ1v) is 9.23. The average molecular weight is 346 g/mol. The molecule has 3 rings (SSSR count). The van der Waals surface area contributed by atoms with Crippen LogP contribution in [0.15, 0.2) is 24.3 Å². The van der Waals surface area contributed by atoms with Crippen LogP contribution in [0, 0.1) is 6.92 Å². The van der Waals surface area contributed by atoms with Crippen LogP contribution in [0.25, 0.3) is 0 Å². The molecule has 0 bridgehead atoms. The summed E-state index contributed by atoms with van der Waals surface area (Å²) in [5, 5.41) is 3.02. The van der Waals surface area contributed by atoms with Crippen molar-refractivity contribution in [3.05, 3.63) is 29.8 Å². The molecule has 2 fully saturated rings.